The smallest absolute Gasteiger partial charge is 0.283 e. The van der Waals surface area contributed by atoms with Crippen molar-refractivity contribution >= 4 is 30.5 Å². The fourth-order valence-corrected chi connectivity index (χ4v) is 1.66. The van der Waals surface area contributed by atoms with Crippen molar-refractivity contribution in [2.45, 2.75) is 6.92 Å². The fraction of sp³-hybridized carbons (Fsp3) is 0.182. The number of halogens is 2. The predicted molar refractivity (Wildman–Crippen MR) is 75.8 cm³/mol. The van der Waals surface area contributed by atoms with Crippen molar-refractivity contribution in [2.75, 3.05) is 11.7 Å². The van der Waals surface area contributed by atoms with E-state index in [1.165, 1.54) is 0 Å². The summed E-state index contributed by atoms with van der Waals surface area (Å²) in [6.07, 6.45) is 0. The molecule has 1 aliphatic rings. The topological polar surface area (TPSA) is 67.8 Å². The molecule has 0 aromatic heterocycles. The molecule has 1 heterocycles. The van der Waals surface area contributed by atoms with E-state index in [1.54, 1.807) is 5.01 Å². The standard InChI is InChI=1S/C11H14N4O.2ClH/c1-9-7-11(16-13)15(14(9)8-12)10-5-3-2-4-6-10;;/h2-6H,8,12-13H2,1H3;2*1H. The van der Waals surface area contributed by atoms with Crippen molar-refractivity contribution in [3.05, 3.63) is 47.6 Å². The minimum Gasteiger partial charge on any atom is -0.382 e. The summed E-state index contributed by atoms with van der Waals surface area (Å²) in [5, 5.41) is 3.62. The minimum absolute atomic E-state index is 0. The number of para-hydroxylation sites is 1. The number of allylic oxidation sites excluding steroid dienone is 1. The van der Waals surface area contributed by atoms with Crippen LogP contribution in [0.5, 0.6) is 0 Å². The number of nitrogens with two attached hydrogens (primary N) is 2. The molecule has 100 valence electrons. The predicted octanol–water partition coefficient (Wildman–Crippen LogP) is 1.72. The first-order chi connectivity index (χ1) is 7.77. The van der Waals surface area contributed by atoms with Crippen LogP contribution in [0.4, 0.5) is 5.69 Å². The van der Waals surface area contributed by atoms with Crippen LogP contribution in [0.15, 0.2) is 47.6 Å². The number of hydrogen-bond acceptors (Lipinski definition) is 5. The van der Waals surface area contributed by atoms with Gasteiger partial charge in [0.05, 0.1) is 18.1 Å². The molecule has 2 rings (SSSR count). The van der Waals surface area contributed by atoms with Gasteiger partial charge in [-0.05, 0) is 24.8 Å². The molecule has 1 aliphatic heterocycles. The minimum atomic E-state index is 0. The molecule has 0 fully saturated rings. The Morgan fingerprint density at radius 3 is 2.33 bits per heavy atom. The summed E-state index contributed by atoms with van der Waals surface area (Å²) in [7, 11) is 0. The van der Waals surface area contributed by atoms with Crippen LogP contribution < -0.4 is 16.6 Å². The lowest BCUT2D eigenvalue weighted by molar-refractivity contribution is 0.185. The van der Waals surface area contributed by atoms with Crippen LogP contribution in [0.1, 0.15) is 6.92 Å². The van der Waals surface area contributed by atoms with E-state index in [1.807, 2.05) is 42.3 Å². The average molecular weight is 291 g/mol. The number of rotatable bonds is 3. The van der Waals surface area contributed by atoms with Gasteiger partial charge in [-0.1, -0.05) is 18.2 Å². The Balaban J connectivity index is 0.00000144. The van der Waals surface area contributed by atoms with E-state index in [4.69, 9.17) is 16.5 Å². The average Bonchev–Trinajstić information content (AvgIpc) is 2.66. The van der Waals surface area contributed by atoms with Gasteiger partial charge in [-0.15, -0.1) is 24.8 Å². The van der Waals surface area contributed by atoms with Crippen LogP contribution in [0, 0.1) is 0 Å². The Kier molecular flexibility index (Phi) is 6.62. The molecule has 0 aliphatic carbocycles. The number of anilines is 1. The molecule has 0 bridgehead atoms. The Hall–Kier alpha value is -1.36. The van der Waals surface area contributed by atoms with Crippen LogP contribution in [-0.2, 0) is 4.84 Å². The monoisotopic (exact) mass is 290 g/mol. The maximum absolute atomic E-state index is 5.68. The first-order valence-corrected chi connectivity index (χ1v) is 4.95. The summed E-state index contributed by atoms with van der Waals surface area (Å²) in [5.74, 6) is 5.66. The highest BCUT2D eigenvalue weighted by Crippen LogP contribution is 2.27. The quantitative estimate of drug-likeness (QED) is 0.655. The van der Waals surface area contributed by atoms with E-state index in [9.17, 15) is 0 Å². The van der Waals surface area contributed by atoms with Gasteiger partial charge in [-0.3, -0.25) is 5.01 Å². The molecule has 4 N–H and O–H groups in total. The molecule has 1 aromatic rings. The zero-order chi connectivity index (χ0) is 11.5. The van der Waals surface area contributed by atoms with Gasteiger partial charge in [0.1, 0.15) is 0 Å². The fourth-order valence-electron chi connectivity index (χ4n) is 1.66. The van der Waals surface area contributed by atoms with Crippen molar-refractivity contribution in [3.63, 3.8) is 0 Å². The lowest BCUT2D eigenvalue weighted by atomic mass is 10.3. The SMILES string of the molecule is CC1=C=C(ON)N(c2ccccc2)N1CN.Cl.Cl. The van der Waals surface area contributed by atoms with Crippen molar-refractivity contribution in [1.29, 1.82) is 0 Å². The van der Waals surface area contributed by atoms with E-state index >= 15 is 0 Å². The van der Waals surface area contributed by atoms with Crippen LogP contribution in [0.3, 0.4) is 0 Å². The Labute approximate surface area is 118 Å². The zero-order valence-electron chi connectivity index (χ0n) is 9.87. The second kappa shape index (κ2) is 7.16. The maximum Gasteiger partial charge on any atom is 0.283 e. The summed E-state index contributed by atoms with van der Waals surface area (Å²) >= 11 is 0. The summed E-state index contributed by atoms with van der Waals surface area (Å²) in [6.45, 7) is 2.23. The zero-order valence-corrected chi connectivity index (χ0v) is 11.5. The number of hydrazine groups is 1. The van der Waals surface area contributed by atoms with E-state index < -0.39 is 0 Å². The van der Waals surface area contributed by atoms with Gasteiger partial charge in [0.15, 0.2) is 0 Å². The molecule has 18 heavy (non-hydrogen) atoms. The van der Waals surface area contributed by atoms with Gasteiger partial charge in [-0.25, -0.2) is 5.01 Å². The molecule has 0 saturated heterocycles. The third-order valence-electron chi connectivity index (χ3n) is 2.39. The maximum atomic E-state index is 5.68. The lowest BCUT2D eigenvalue weighted by Crippen LogP contribution is -2.42. The molecule has 5 nitrogen and oxygen atoms in total. The van der Waals surface area contributed by atoms with Crippen LogP contribution in [0.25, 0.3) is 0 Å². The second-order valence-electron chi connectivity index (χ2n) is 3.36. The van der Waals surface area contributed by atoms with Crippen LogP contribution >= 0.6 is 24.8 Å². The van der Waals surface area contributed by atoms with Crippen LogP contribution in [-0.4, -0.2) is 11.7 Å². The molecule has 0 unspecified atom stereocenters. The third kappa shape index (κ3) is 2.90. The van der Waals surface area contributed by atoms with E-state index in [0.717, 1.165) is 11.4 Å². The summed E-state index contributed by atoms with van der Waals surface area (Å²) in [4.78, 5) is 4.79. The van der Waals surface area contributed by atoms with Crippen LogP contribution in [0.2, 0.25) is 0 Å². The molecular formula is C11H16Cl2N4O. The summed E-state index contributed by atoms with van der Waals surface area (Å²) in [6, 6.07) is 9.71. The largest absolute Gasteiger partial charge is 0.382 e. The Morgan fingerprint density at radius 1 is 1.22 bits per heavy atom. The number of hydrogen-bond donors (Lipinski definition) is 2. The molecule has 0 spiro atoms. The highest BCUT2D eigenvalue weighted by atomic mass is 35.5. The number of benzene rings is 1. The summed E-state index contributed by atoms with van der Waals surface area (Å²) in [5.41, 5.74) is 10.5. The van der Waals surface area contributed by atoms with E-state index in [-0.39, 0.29) is 24.8 Å². The van der Waals surface area contributed by atoms with E-state index in [0.29, 0.717) is 12.6 Å². The van der Waals surface area contributed by atoms with Gasteiger partial charge >= 0.3 is 0 Å². The normalized spacial score (nSPS) is 13.3. The highest BCUT2D eigenvalue weighted by molar-refractivity contribution is 5.85. The van der Waals surface area contributed by atoms with Gasteiger partial charge in [-0.2, -0.15) is 5.90 Å². The Bertz CT molecular complexity index is 446. The molecule has 0 radical (unpaired) electrons. The molecule has 0 atom stereocenters. The Morgan fingerprint density at radius 2 is 1.83 bits per heavy atom. The third-order valence-corrected chi connectivity index (χ3v) is 2.39. The summed E-state index contributed by atoms with van der Waals surface area (Å²) < 4.78 is 0. The lowest BCUT2D eigenvalue weighted by Gasteiger charge is -2.31. The molecule has 7 heteroatoms. The van der Waals surface area contributed by atoms with Crippen molar-refractivity contribution < 1.29 is 4.84 Å². The van der Waals surface area contributed by atoms with Gasteiger partial charge < -0.3 is 10.6 Å². The first-order valence-electron chi connectivity index (χ1n) is 4.95. The highest BCUT2D eigenvalue weighted by Gasteiger charge is 2.25. The first kappa shape index (κ1) is 16.6. The van der Waals surface area contributed by atoms with Gasteiger partial charge in [0.2, 0.25) is 0 Å². The van der Waals surface area contributed by atoms with Crippen molar-refractivity contribution in [3.8, 4) is 0 Å². The van der Waals surface area contributed by atoms with Gasteiger partial charge in [0.25, 0.3) is 5.88 Å². The number of nitrogens with zero attached hydrogens (tertiary/aromatic N) is 2. The van der Waals surface area contributed by atoms with E-state index in [2.05, 4.69) is 5.73 Å². The van der Waals surface area contributed by atoms with Crippen molar-refractivity contribution in [2.24, 2.45) is 11.6 Å². The van der Waals surface area contributed by atoms with Gasteiger partial charge in [0, 0.05) is 0 Å². The molecule has 0 saturated carbocycles. The molecular weight excluding hydrogens is 275 g/mol. The molecule has 1 aromatic carbocycles. The van der Waals surface area contributed by atoms with Crippen molar-refractivity contribution in [1.82, 2.24) is 5.01 Å². The second-order valence-corrected chi connectivity index (χ2v) is 3.36. The molecule has 0 amide bonds.